The summed E-state index contributed by atoms with van der Waals surface area (Å²) in [6, 6.07) is 2.07. The fraction of sp³-hybridized carbons (Fsp3) is 0.615. The lowest BCUT2D eigenvalue weighted by atomic mass is 10.2. The number of nitrogens with zero attached hydrogens (tertiary/aromatic N) is 1. The quantitative estimate of drug-likeness (QED) is 0.719. The molecule has 0 N–H and O–H groups in total. The average Bonchev–Trinajstić information content (AvgIpc) is 2.24. The number of unbranched alkanes of at least 4 members (excludes halogenated alkanes) is 1. The fourth-order valence-electron chi connectivity index (χ4n) is 1.53. The third-order valence-corrected chi connectivity index (χ3v) is 2.62. The zero-order valence-electron chi connectivity index (χ0n) is 10.6. The Balaban J connectivity index is 2.90. The van der Waals surface area contributed by atoms with Gasteiger partial charge in [0.05, 0.1) is 12.2 Å². The van der Waals surface area contributed by atoms with Gasteiger partial charge < -0.3 is 9.30 Å². The first-order valence-corrected chi connectivity index (χ1v) is 5.92. The van der Waals surface area contributed by atoms with E-state index in [-0.39, 0.29) is 11.6 Å². The Kier molecular flexibility index (Phi) is 4.59. The summed E-state index contributed by atoms with van der Waals surface area (Å²) in [6.45, 7) is 8.62. The smallest absolute Gasteiger partial charge is 0.257 e. The van der Waals surface area contributed by atoms with Gasteiger partial charge in [-0.1, -0.05) is 13.3 Å². The van der Waals surface area contributed by atoms with E-state index in [0.717, 1.165) is 18.6 Å². The summed E-state index contributed by atoms with van der Waals surface area (Å²) >= 11 is 0. The summed E-state index contributed by atoms with van der Waals surface area (Å²) in [6.07, 6.45) is 3.93. The summed E-state index contributed by atoms with van der Waals surface area (Å²) in [5, 5.41) is 0. The van der Waals surface area contributed by atoms with Crippen LogP contribution in [0.25, 0.3) is 0 Å². The molecule has 0 amide bonds. The maximum absolute atomic E-state index is 11.9. The van der Waals surface area contributed by atoms with Gasteiger partial charge in [-0.25, -0.2) is 0 Å². The van der Waals surface area contributed by atoms with Crippen molar-refractivity contribution < 1.29 is 4.74 Å². The van der Waals surface area contributed by atoms with E-state index in [4.69, 9.17) is 4.74 Å². The second-order valence-corrected chi connectivity index (χ2v) is 4.31. The molecule has 1 heterocycles. The molecule has 0 radical (unpaired) electrons. The molecule has 16 heavy (non-hydrogen) atoms. The van der Waals surface area contributed by atoms with Crippen molar-refractivity contribution in [2.45, 2.75) is 46.6 Å². The number of rotatable bonds is 5. The highest BCUT2D eigenvalue weighted by molar-refractivity contribution is 5.29. The highest BCUT2D eigenvalue weighted by atomic mass is 16.5. The van der Waals surface area contributed by atoms with Gasteiger partial charge in [0.2, 0.25) is 0 Å². The van der Waals surface area contributed by atoms with Crippen LogP contribution >= 0.6 is 0 Å². The van der Waals surface area contributed by atoms with Crippen molar-refractivity contribution in [1.29, 1.82) is 0 Å². The van der Waals surface area contributed by atoms with E-state index in [0.29, 0.717) is 12.2 Å². The van der Waals surface area contributed by atoms with Crippen LogP contribution in [0.2, 0.25) is 0 Å². The standard InChI is InChI=1S/C13H21NO2/c1-5-6-9-16-12-7-8-14(10(2)3)13(15)11(12)4/h7-8,10H,5-6,9H2,1-4H3. The molecule has 0 fully saturated rings. The lowest BCUT2D eigenvalue weighted by molar-refractivity contribution is 0.305. The molecule has 3 nitrogen and oxygen atoms in total. The molecule has 0 saturated heterocycles. The number of aromatic nitrogens is 1. The van der Waals surface area contributed by atoms with Crippen LogP contribution < -0.4 is 10.3 Å². The van der Waals surface area contributed by atoms with Gasteiger partial charge in [0.15, 0.2) is 0 Å². The number of pyridine rings is 1. The second kappa shape index (κ2) is 5.73. The third kappa shape index (κ3) is 2.87. The molecule has 1 aromatic heterocycles. The molecule has 90 valence electrons. The van der Waals surface area contributed by atoms with Crippen LogP contribution in [0.3, 0.4) is 0 Å². The lowest BCUT2D eigenvalue weighted by Crippen LogP contribution is -2.23. The molecular formula is C13H21NO2. The van der Waals surface area contributed by atoms with Gasteiger partial charge in [0.1, 0.15) is 5.75 Å². The first-order chi connectivity index (χ1) is 7.57. The minimum Gasteiger partial charge on any atom is -0.493 e. The Morgan fingerprint density at radius 2 is 2.12 bits per heavy atom. The molecule has 0 aliphatic carbocycles. The van der Waals surface area contributed by atoms with E-state index in [1.54, 1.807) is 10.8 Å². The summed E-state index contributed by atoms with van der Waals surface area (Å²) in [5.74, 6) is 0.718. The predicted molar refractivity (Wildman–Crippen MR) is 66.2 cm³/mol. The van der Waals surface area contributed by atoms with Gasteiger partial charge in [0, 0.05) is 12.2 Å². The van der Waals surface area contributed by atoms with Crippen molar-refractivity contribution in [3.8, 4) is 5.75 Å². The number of hydrogen-bond donors (Lipinski definition) is 0. The zero-order valence-corrected chi connectivity index (χ0v) is 10.6. The Labute approximate surface area is 97.1 Å². The van der Waals surface area contributed by atoms with E-state index < -0.39 is 0 Å². The predicted octanol–water partition coefficient (Wildman–Crippen LogP) is 2.92. The minimum atomic E-state index is 0.0454. The highest BCUT2D eigenvalue weighted by Crippen LogP contribution is 2.14. The monoisotopic (exact) mass is 223 g/mol. The molecule has 1 aromatic rings. The maximum atomic E-state index is 11.9. The second-order valence-electron chi connectivity index (χ2n) is 4.31. The number of hydrogen-bond acceptors (Lipinski definition) is 2. The molecule has 0 unspecified atom stereocenters. The van der Waals surface area contributed by atoms with E-state index in [9.17, 15) is 4.79 Å². The number of ether oxygens (including phenoxy) is 1. The normalized spacial score (nSPS) is 10.8. The largest absolute Gasteiger partial charge is 0.493 e. The van der Waals surface area contributed by atoms with Crippen LogP contribution in [0.15, 0.2) is 17.1 Å². The average molecular weight is 223 g/mol. The Morgan fingerprint density at radius 3 is 2.69 bits per heavy atom. The maximum Gasteiger partial charge on any atom is 0.257 e. The summed E-state index contributed by atoms with van der Waals surface area (Å²) in [7, 11) is 0. The molecule has 1 rings (SSSR count). The summed E-state index contributed by atoms with van der Waals surface area (Å²) in [5.41, 5.74) is 0.747. The summed E-state index contributed by atoms with van der Waals surface area (Å²) in [4.78, 5) is 11.9. The topological polar surface area (TPSA) is 31.2 Å². The van der Waals surface area contributed by atoms with Crippen molar-refractivity contribution in [1.82, 2.24) is 4.57 Å². The van der Waals surface area contributed by atoms with Crippen LogP contribution in [-0.4, -0.2) is 11.2 Å². The van der Waals surface area contributed by atoms with Crippen molar-refractivity contribution in [3.63, 3.8) is 0 Å². The molecule has 0 saturated carbocycles. The fourth-order valence-corrected chi connectivity index (χ4v) is 1.53. The Bertz CT molecular complexity index is 393. The van der Waals surface area contributed by atoms with Gasteiger partial charge in [-0.3, -0.25) is 4.79 Å². The third-order valence-electron chi connectivity index (χ3n) is 2.62. The van der Waals surface area contributed by atoms with E-state index in [1.165, 1.54) is 0 Å². The van der Waals surface area contributed by atoms with Crippen molar-refractivity contribution in [2.24, 2.45) is 0 Å². The minimum absolute atomic E-state index is 0.0454. The van der Waals surface area contributed by atoms with Gasteiger partial charge in [-0.05, 0) is 33.3 Å². The highest BCUT2D eigenvalue weighted by Gasteiger charge is 2.08. The first-order valence-electron chi connectivity index (χ1n) is 5.92. The van der Waals surface area contributed by atoms with Gasteiger partial charge >= 0.3 is 0 Å². The molecule has 0 aromatic carbocycles. The van der Waals surface area contributed by atoms with Crippen molar-refractivity contribution in [2.75, 3.05) is 6.61 Å². The molecule has 0 bridgehead atoms. The van der Waals surface area contributed by atoms with E-state index in [1.807, 2.05) is 26.8 Å². The summed E-state index contributed by atoms with van der Waals surface area (Å²) < 4.78 is 7.30. The van der Waals surface area contributed by atoms with Crippen LogP contribution in [0.5, 0.6) is 5.75 Å². The van der Waals surface area contributed by atoms with Gasteiger partial charge in [-0.15, -0.1) is 0 Å². The molecule has 0 spiro atoms. The Morgan fingerprint density at radius 1 is 1.44 bits per heavy atom. The van der Waals surface area contributed by atoms with Crippen molar-refractivity contribution in [3.05, 3.63) is 28.2 Å². The van der Waals surface area contributed by atoms with Crippen LogP contribution in [0.4, 0.5) is 0 Å². The van der Waals surface area contributed by atoms with Crippen molar-refractivity contribution >= 4 is 0 Å². The zero-order chi connectivity index (χ0) is 12.1. The SMILES string of the molecule is CCCCOc1ccn(C(C)C)c(=O)c1C. The molecule has 0 atom stereocenters. The van der Waals surface area contributed by atoms with Crippen LogP contribution in [0, 0.1) is 6.92 Å². The van der Waals surface area contributed by atoms with Crippen LogP contribution in [-0.2, 0) is 0 Å². The van der Waals surface area contributed by atoms with Gasteiger partial charge in [0.25, 0.3) is 5.56 Å². The first kappa shape index (κ1) is 12.8. The van der Waals surface area contributed by atoms with Crippen LogP contribution in [0.1, 0.15) is 45.2 Å². The Hall–Kier alpha value is -1.25. The van der Waals surface area contributed by atoms with Gasteiger partial charge in [-0.2, -0.15) is 0 Å². The molecular weight excluding hydrogens is 202 g/mol. The molecule has 3 heteroatoms. The van der Waals surface area contributed by atoms with E-state index >= 15 is 0 Å². The lowest BCUT2D eigenvalue weighted by Gasteiger charge is -2.13. The molecule has 0 aliphatic heterocycles. The van der Waals surface area contributed by atoms with E-state index in [2.05, 4.69) is 6.92 Å². The molecule has 0 aliphatic rings.